The van der Waals surface area contributed by atoms with Crippen molar-refractivity contribution in [3.8, 4) is 0 Å². The predicted molar refractivity (Wildman–Crippen MR) is 85.6 cm³/mol. The topological polar surface area (TPSA) is 45.7 Å². The van der Waals surface area contributed by atoms with Crippen LogP contribution in [0.2, 0.25) is 0 Å². The largest absolute Gasteiger partial charge is 0.411 e. The van der Waals surface area contributed by atoms with Crippen molar-refractivity contribution in [3.63, 3.8) is 0 Å². The second-order valence-corrected chi connectivity index (χ2v) is 5.30. The molecule has 0 fully saturated rings. The number of halogens is 3. The van der Waals surface area contributed by atoms with E-state index in [1.807, 2.05) is 6.92 Å². The fraction of sp³-hybridized carbons (Fsp3) is 0.562. The Bertz CT molecular complexity index is 516. The number of hydrogen-bond acceptors (Lipinski definition) is 2. The van der Waals surface area contributed by atoms with Crippen molar-refractivity contribution in [2.75, 3.05) is 26.8 Å². The summed E-state index contributed by atoms with van der Waals surface area (Å²) in [6, 6.07) is 6.24. The van der Waals surface area contributed by atoms with Crippen molar-refractivity contribution >= 4 is 5.96 Å². The highest BCUT2D eigenvalue weighted by Gasteiger charge is 2.27. The Hall–Kier alpha value is -1.76. The standard InChI is InChI=1S/C16H24F3N3O/c1-12-5-6-14(13(2)9-12)10-22-15(20-3)21-7-4-8-23-11-16(17,18)19/h5-6,9H,4,7-8,10-11H2,1-3H3,(H2,20,21,22). The molecule has 1 aromatic rings. The minimum Gasteiger partial charge on any atom is -0.372 e. The van der Waals surface area contributed by atoms with Gasteiger partial charge >= 0.3 is 6.18 Å². The smallest absolute Gasteiger partial charge is 0.372 e. The van der Waals surface area contributed by atoms with Gasteiger partial charge in [-0.25, -0.2) is 0 Å². The van der Waals surface area contributed by atoms with E-state index in [4.69, 9.17) is 0 Å². The number of nitrogens with one attached hydrogen (secondary N) is 2. The van der Waals surface area contributed by atoms with E-state index in [2.05, 4.69) is 45.5 Å². The molecule has 23 heavy (non-hydrogen) atoms. The van der Waals surface area contributed by atoms with Gasteiger partial charge < -0.3 is 15.4 Å². The van der Waals surface area contributed by atoms with E-state index in [0.29, 0.717) is 25.5 Å². The van der Waals surface area contributed by atoms with Gasteiger partial charge in [-0.3, -0.25) is 4.99 Å². The molecule has 1 aromatic carbocycles. The Kier molecular flexibility index (Phi) is 7.88. The van der Waals surface area contributed by atoms with Gasteiger partial charge in [-0.05, 0) is 31.4 Å². The van der Waals surface area contributed by atoms with Crippen molar-refractivity contribution < 1.29 is 17.9 Å². The molecular formula is C16H24F3N3O. The lowest BCUT2D eigenvalue weighted by Crippen LogP contribution is -2.37. The van der Waals surface area contributed by atoms with Crippen LogP contribution in [0.15, 0.2) is 23.2 Å². The van der Waals surface area contributed by atoms with Crippen molar-refractivity contribution in [1.29, 1.82) is 0 Å². The van der Waals surface area contributed by atoms with Crippen LogP contribution in [0.5, 0.6) is 0 Å². The summed E-state index contributed by atoms with van der Waals surface area (Å²) < 4.78 is 40.2. The first-order chi connectivity index (χ1) is 10.8. The molecule has 2 N–H and O–H groups in total. The Morgan fingerprint density at radius 1 is 1.22 bits per heavy atom. The Morgan fingerprint density at radius 3 is 2.57 bits per heavy atom. The lowest BCUT2D eigenvalue weighted by Gasteiger charge is -2.13. The van der Waals surface area contributed by atoms with Crippen LogP contribution in [0, 0.1) is 13.8 Å². The highest BCUT2D eigenvalue weighted by atomic mass is 19.4. The zero-order valence-corrected chi connectivity index (χ0v) is 13.8. The average Bonchev–Trinajstić information content (AvgIpc) is 2.46. The molecule has 1 rings (SSSR count). The zero-order valence-electron chi connectivity index (χ0n) is 13.8. The molecule has 0 aliphatic heterocycles. The van der Waals surface area contributed by atoms with E-state index in [0.717, 1.165) is 0 Å². The van der Waals surface area contributed by atoms with E-state index in [-0.39, 0.29) is 6.61 Å². The summed E-state index contributed by atoms with van der Waals surface area (Å²) >= 11 is 0. The SMILES string of the molecule is CN=C(NCCCOCC(F)(F)F)NCc1ccc(C)cc1C. The number of hydrogen-bond donors (Lipinski definition) is 2. The van der Waals surface area contributed by atoms with Gasteiger partial charge in [-0.2, -0.15) is 13.2 Å². The van der Waals surface area contributed by atoms with Crippen molar-refractivity contribution in [3.05, 3.63) is 34.9 Å². The van der Waals surface area contributed by atoms with Gasteiger partial charge in [0.05, 0.1) is 0 Å². The molecular weight excluding hydrogens is 307 g/mol. The highest BCUT2D eigenvalue weighted by Crippen LogP contribution is 2.14. The zero-order chi connectivity index (χ0) is 17.3. The molecule has 0 aliphatic rings. The molecule has 0 bridgehead atoms. The fourth-order valence-corrected chi connectivity index (χ4v) is 2.01. The van der Waals surface area contributed by atoms with Crippen LogP contribution in [0.4, 0.5) is 13.2 Å². The van der Waals surface area contributed by atoms with Gasteiger partial charge in [0.25, 0.3) is 0 Å². The molecule has 0 saturated heterocycles. The molecule has 0 aliphatic carbocycles. The molecule has 0 atom stereocenters. The highest BCUT2D eigenvalue weighted by molar-refractivity contribution is 5.79. The van der Waals surface area contributed by atoms with Crippen LogP contribution in [-0.2, 0) is 11.3 Å². The second kappa shape index (κ2) is 9.39. The maximum atomic E-state index is 11.9. The first-order valence-electron chi connectivity index (χ1n) is 7.47. The Morgan fingerprint density at radius 2 is 1.96 bits per heavy atom. The molecule has 0 aromatic heterocycles. The maximum Gasteiger partial charge on any atom is 0.411 e. The second-order valence-electron chi connectivity index (χ2n) is 5.30. The lowest BCUT2D eigenvalue weighted by molar-refractivity contribution is -0.173. The van der Waals surface area contributed by atoms with Gasteiger partial charge in [0.1, 0.15) is 6.61 Å². The Balaban J connectivity index is 2.25. The van der Waals surface area contributed by atoms with E-state index in [1.165, 1.54) is 16.7 Å². The van der Waals surface area contributed by atoms with Crippen LogP contribution < -0.4 is 10.6 Å². The van der Waals surface area contributed by atoms with Crippen LogP contribution >= 0.6 is 0 Å². The van der Waals surface area contributed by atoms with Crippen molar-refractivity contribution in [1.82, 2.24) is 10.6 Å². The van der Waals surface area contributed by atoms with Gasteiger partial charge in [-0.1, -0.05) is 23.8 Å². The summed E-state index contributed by atoms with van der Waals surface area (Å²) in [7, 11) is 1.65. The molecule has 0 spiro atoms. The van der Waals surface area contributed by atoms with Gasteiger partial charge in [-0.15, -0.1) is 0 Å². The summed E-state index contributed by atoms with van der Waals surface area (Å²) in [6.07, 6.45) is -3.79. The lowest BCUT2D eigenvalue weighted by atomic mass is 10.1. The third kappa shape index (κ3) is 8.44. The van der Waals surface area contributed by atoms with Crippen molar-refractivity contribution in [2.24, 2.45) is 4.99 Å². The summed E-state index contributed by atoms with van der Waals surface area (Å²) in [4.78, 5) is 4.08. The molecule has 0 amide bonds. The number of aliphatic imine (C=N–C) groups is 1. The summed E-state index contributed by atoms with van der Waals surface area (Å²) in [5.41, 5.74) is 3.59. The van der Waals surface area contributed by atoms with E-state index >= 15 is 0 Å². The minimum atomic E-state index is -4.27. The number of nitrogens with zero attached hydrogens (tertiary/aromatic N) is 1. The van der Waals surface area contributed by atoms with Crippen LogP contribution in [0.1, 0.15) is 23.1 Å². The number of benzene rings is 1. The van der Waals surface area contributed by atoms with E-state index in [1.54, 1.807) is 7.05 Å². The first kappa shape index (κ1) is 19.3. The third-order valence-corrected chi connectivity index (χ3v) is 3.19. The molecule has 4 nitrogen and oxygen atoms in total. The van der Waals surface area contributed by atoms with Gasteiger partial charge in [0, 0.05) is 26.7 Å². The molecule has 0 radical (unpaired) electrons. The first-order valence-corrected chi connectivity index (χ1v) is 7.47. The molecule has 0 heterocycles. The van der Waals surface area contributed by atoms with Gasteiger partial charge in [0.15, 0.2) is 5.96 Å². The number of rotatable bonds is 7. The number of alkyl halides is 3. The quantitative estimate of drug-likeness (QED) is 0.459. The Labute approximate surface area is 135 Å². The average molecular weight is 331 g/mol. The summed E-state index contributed by atoms with van der Waals surface area (Å²) in [5, 5.41) is 6.23. The van der Waals surface area contributed by atoms with Gasteiger partial charge in [0.2, 0.25) is 0 Å². The third-order valence-electron chi connectivity index (χ3n) is 3.19. The summed E-state index contributed by atoms with van der Waals surface area (Å²) in [5.74, 6) is 0.612. The molecule has 130 valence electrons. The minimum absolute atomic E-state index is 0.0561. The molecule has 0 unspecified atom stereocenters. The molecule has 0 saturated carbocycles. The van der Waals surface area contributed by atoms with Crippen molar-refractivity contribution in [2.45, 2.75) is 33.0 Å². The van der Waals surface area contributed by atoms with Crippen LogP contribution in [0.3, 0.4) is 0 Å². The monoisotopic (exact) mass is 331 g/mol. The fourth-order valence-electron chi connectivity index (χ4n) is 2.01. The van der Waals surface area contributed by atoms with Crippen LogP contribution in [-0.4, -0.2) is 38.9 Å². The number of ether oxygens (including phenoxy) is 1. The maximum absolute atomic E-state index is 11.9. The summed E-state index contributed by atoms with van der Waals surface area (Å²) in [6.45, 7) is 4.08. The van der Waals surface area contributed by atoms with Crippen LogP contribution in [0.25, 0.3) is 0 Å². The number of aryl methyl sites for hydroxylation is 2. The number of guanidine groups is 1. The molecule has 7 heteroatoms. The predicted octanol–water partition coefficient (Wildman–Crippen LogP) is 2.94. The van der Waals surface area contributed by atoms with E-state index < -0.39 is 12.8 Å². The van der Waals surface area contributed by atoms with E-state index in [9.17, 15) is 13.2 Å². The normalized spacial score (nSPS) is 12.3.